The van der Waals surface area contributed by atoms with Crippen LogP contribution in [0.2, 0.25) is 5.02 Å². The molecular weight excluding hydrogens is 393 g/mol. The minimum atomic E-state index is -5.25. The first kappa shape index (κ1) is 19.1. The molecule has 0 spiro atoms. The average Bonchev–Trinajstić information content (AvgIpc) is 2.59. The molecule has 1 fully saturated rings. The molecule has 1 aromatic carbocycles. The SMILES string of the molecule is O=S(=O)(N1CCC(CNc2ncnc3cc(Cl)ccc23)CC1)C(F)(F)F. The monoisotopic (exact) mass is 408 g/mol. The van der Waals surface area contributed by atoms with Gasteiger partial charge in [0.25, 0.3) is 0 Å². The second-order valence-corrected chi connectivity index (χ2v) is 8.42. The number of nitrogens with one attached hydrogen (secondary N) is 1. The van der Waals surface area contributed by atoms with Crippen LogP contribution in [0, 0.1) is 5.92 Å². The van der Waals surface area contributed by atoms with E-state index in [1.54, 1.807) is 18.2 Å². The van der Waals surface area contributed by atoms with Crippen molar-refractivity contribution in [2.75, 3.05) is 25.0 Å². The van der Waals surface area contributed by atoms with Crippen molar-refractivity contribution in [1.82, 2.24) is 14.3 Å². The Morgan fingerprint density at radius 2 is 1.92 bits per heavy atom. The maximum atomic E-state index is 12.6. The standard InChI is InChI=1S/C15H16ClF3N4O2S/c16-11-1-2-12-13(7-11)21-9-22-14(12)20-8-10-3-5-23(6-4-10)26(24,25)15(17,18)19/h1-2,7,9-10H,3-6,8H2,(H,20,21,22). The van der Waals surface area contributed by atoms with Crippen LogP contribution in [0.15, 0.2) is 24.5 Å². The molecule has 0 unspecified atom stereocenters. The molecule has 0 bridgehead atoms. The summed E-state index contributed by atoms with van der Waals surface area (Å²) in [6.45, 7) is 0.192. The molecule has 2 aromatic rings. The molecule has 0 aliphatic carbocycles. The molecule has 2 heterocycles. The van der Waals surface area contributed by atoms with Crippen molar-refractivity contribution in [3.05, 3.63) is 29.5 Å². The Labute approximate surface area is 153 Å². The van der Waals surface area contributed by atoms with Crippen molar-refractivity contribution < 1.29 is 21.6 Å². The van der Waals surface area contributed by atoms with Crippen LogP contribution in [-0.2, 0) is 10.0 Å². The van der Waals surface area contributed by atoms with E-state index in [2.05, 4.69) is 15.3 Å². The van der Waals surface area contributed by atoms with E-state index in [1.165, 1.54) is 6.33 Å². The number of alkyl halides is 3. The molecule has 11 heteroatoms. The van der Waals surface area contributed by atoms with E-state index in [0.717, 1.165) is 5.39 Å². The Balaban J connectivity index is 1.61. The number of halogens is 4. The lowest BCUT2D eigenvalue weighted by atomic mass is 9.98. The van der Waals surface area contributed by atoms with Gasteiger partial charge in [-0.2, -0.15) is 17.5 Å². The highest BCUT2D eigenvalue weighted by Gasteiger charge is 2.50. The smallest absolute Gasteiger partial charge is 0.369 e. The van der Waals surface area contributed by atoms with Gasteiger partial charge in [0.15, 0.2) is 0 Å². The first-order valence-corrected chi connectivity index (χ1v) is 9.71. The van der Waals surface area contributed by atoms with Gasteiger partial charge in [-0.15, -0.1) is 0 Å². The van der Waals surface area contributed by atoms with E-state index < -0.39 is 15.5 Å². The Hall–Kier alpha value is -1.65. The second kappa shape index (κ2) is 7.16. The maximum absolute atomic E-state index is 12.6. The number of sulfonamides is 1. The van der Waals surface area contributed by atoms with Crippen LogP contribution in [0.4, 0.5) is 19.0 Å². The number of benzene rings is 1. The lowest BCUT2D eigenvalue weighted by molar-refractivity contribution is -0.0496. The lowest BCUT2D eigenvalue weighted by Gasteiger charge is -2.31. The number of aromatic nitrogens is 2. The molecule has 142 valence electrons. The molecule has 0 amide bonds. The number of piperidine rings is 1. The number of anilines is 1. The summed E-state index contributed by atoms with van der Waals surface area (Å²) in [5, 5.41) is 4.52. The van der Waals surface area contributed by atoms with E-state index in [-0.39, 0.29) is 19.0 Å². The molecule has 6 nitrogen and oxygen atoms in total. The first-order valence-electron chi connectivity index (χ1n) is 7.89. The summed E-state index contributed by atoms with van der Waals surface area (Å²) in [6, 6.07) is 5.22. The third-order valence-electron chi connectivity index (χ3n) is 4.36. The van der Waals surface area contributed by atoms with Crippen LogP contribution in [0.5, 0.6) is 0 Å². The van der Waals surface area contributed by atoms with E-state index in [9.17, 15) is 21.6 Å². The van der Waals surface area contributed by atoms with E-state index >= 15 is 0 Å². The highest BCUT2D eigenvalue weighted by molar-refractivity contribution is 7.90. The van der Waals surface area contributed by atoms with Gasteiger partial charge >= 0.3 is 15.5 Å². The molecule has 1 N–H and O–H groups in total. The van der Waals surface area contributed by atoms with Crippen LogP contribution >= 0.6 is 11.6 Å². The largest absolute Gasteiger partial charge is 0.511 e. The fraction of sp³-hybridized carbons (Fsp3) is 0.467. The van der Waals surface area contributed by atoms with Crippen LogP contribution in [0.25, 0.3) is 10.9 Å². The van der Waals surface area contributed by atoms with Gasteiger partial charge in [0, 0.05) is 30.0 Å². The predicted octanol–water partition coefficient (Wildman–Crippen LogP) is 3.26. The van der Waals surface area contributed by atoms with Gasteiger partial charge in [-0.25, -0.2) is 18.4 Å². The van der Waals surface area contributed by atoms with Gasteiger partial charge in [0.2, 0.25) is 0 Å². The van der Waals surface area contributed by atoms with E-state index in [0.29, 0.717) is 40.0 Å². The molecule has 0 saturated carbocycles. The zero-order valence-corrected chi connectivity index (χ0v) is 15.1. The van der Waals surface area contributed by atoms with Gasteiger partial charge < -0.3 is 5.32 Å². The molecule has 1 aliphatic rings. The summed E-state index contributed by atoms with van der Waals surface area (Å²) in [4.78, 5) is 8.33. The van der Waals surface area contributed by atoms with Crippen LogP contribution in [-0.4, -0.2) is 47.8 Å². The van der Waals surface area contributed by atoms with E-state index in [4.69, 9.17) is 11.6 Å². The van der Waals surface area contributed by atoms with Crippen molar-refractivity contribution >= 4 is 38.3 Å². The number of hydrogen-bond donors (Lipinski definition) is 1. The molecule has 3 rings (SSSR count). The number of hydrogen-bond acceptors (Lipinski definition) is 5. The topological polar surface area (TPSA) is 75.2 Å². The van der Waals surface area contributed by atoms with Gasteiger partial charge in [-0.05, 0) is 37.0 Å². The number of rotatable bonds is 4. The molecular formula is C15H16ClF3N4O2S. The Bertz CT molecular complexity index is 899. The maximum Gasteiger partial charge on any atom is 0.511 e. The minimum absolute atomic E-state index is 0.0481. The lowest BCUT2D eigenvalue weighted by Crippen LogP contribution is -2.45. The van der Waals surface area contributed by atoms with Crippen LogP contribution < -0.4 is 5.32 Å². The molecule has 1 aliphatic heterocycles. The summed E-state index contributed by atoms with van der Waals surface area (Å²) in [6.07, 6.45) is 2.09. The van der Waals surface area contributed by atoms with Gasteiger partial charge in [-0.3, -0.25) is 0 Å². The first-order chi connectivity index (χ1) is 12.2. The predicted molar refractivity (Wildman–Crippen MR) is 92.3 cm³/mol. The minimum Gasteiger partial charge on any atom is -0.369 e. The zero-order chi connectivity index (χ0) is 18.9. The van der Waals surface area contributed by atoms with Gasteiger partial charge in [0.1, 0.15) is 12.1 Å². The van der Waals surface area contributed by atoms with Crippen molar-refractivity contribution in [2.24, 2.45) is 5.92 Å². The normalized spacial score (nSPS) is 17.5. The van der Waals surface area contributed by atoms with Gasteiger partial charge in [-0.1, -0.05) is 11.6 Å². The van der Waals surface area contributed by atoms with Crippen molar-refractivity contribution in [1.29, 1.82) is 0 Å². The average molecular weight is 409 g/mol. The van der Waals surface area contributed by atoms with Gasteiger partial charge in [0.05, 0.1) is 5.52 Å². The van der Waals surface area contributed by atoms with Crippen LogP contribution in [0.3, 0.4) is 0 Å². The summed E-state index contributed by atoms with van der Waals surface area (Å²) in [5.74, 6) is 0.656. The van der Waals surface area contributed by atoms with Crippen molar-refractivity contribution in [2.45, 2.75) is 18.3 Å². The molecule has 1 saturated heterocycles. The Morgan fingerprint density at radius 1 is 1.23 bits per heavy atom. The van der Waals surface area contributed by atoms with E-state index in [1.807, 2.05) is 0 Å². The number of nitrogens with zero attached hydrogens (tertiary/aromatic N) is 3. The summed E-state index contributed by atoms with van der Waals surface area (Å²) < 4.78 is 61.1. The summed E-state index contributed by atoms with van der Waals surface area (Å²) in [7, 11) is -5.24. The Morgan fingerprint density at radius 3 is 2.58 bits per heavy atom. The summed E-state index contributed by atoms with van der Waals surface area (Å²) in [5.41, 5.74) is -4.57. The molecule has 0 atom stereocenters. The third kappa shape index (κ3) is 3.86. The highest BCUT2D eigenvalue weighted by atomic mass is 35.5. The van der Waals surface area contributed by atoms with Crippen molar-refractivity contribution in [3.63, 3.8) is 0 Å². The third-order valence-corrected chi connectivity index (χ3v) is 6.23. The zero-order valence-electron chi connectivity index (χ0n) is 13.5. The second-order valence-electron chi connectivity index (χ2n) is 6.06. The quantitative estimate of drug-likeness (QED) is 0.840. The number of fused-ring (bicyclic) bond motifs is 1. The fourth-order valence-corrected chi connectivity index (χ4v) is 4.06. The molecule has 0 radical (unpaired) electrons. The van der Waals surface area contributed by atoms with Crippen LogP contribution in [0.1, 0.15) is 12.8 Å². The molecule has 26 heavy (non-hydrogen) atoms. The summed E-state index contributed by atoms with van der Waals surface area (Å²) >= 11 is 5.94. The Kier molecular flexibility index (Phi) is 5.27. The van der Waals surface area contributed by atoms with Crippen molar-refractivity contribution in [3.8, 4) is 0 Å². The fourth-order valence-electron chi connectivity index (χ4n) is 2.91. The molecule has 1 aromatic heterocycles. The highest BCUT2D eigenvalue weighted by Crippen LogP contribution is 2.30.